The van der Waals surface area contributed by atoms with Crippen LogP contribution in [0, 0.1) is 0 Å². The fraction of sp³-hybridized carbons (Fsp3) is 0.455. The second-order valence-electron chi connectivity index (χ2n) is 6.65. The van der Waals surface area contributed by atoms with E-state index in [2.05, 4.69) is 35.4 Å². The minimum absolute atomic E-state index is 0.00424. The number of nitrogens with one attached hydrogen (secondary N) is 2. The first kappa shape index (κ1) is 22.9. The third kappa shape index (κ3) is 7.18. The van der Waals surface area contributed by atoms with E-state index >= 15 is 0 Å². The second kappa shape index (κ2) is 12.2. The van der Waals surface area contributed by atoms with Gasteiger partial charge >= 0.3 is 0 Å². The number of nitrogens with zero attached hydrogens (tertiary/aromatic N) is 1. The molecule has 0 aliphatic rings. The number of hydrogen-bond donors (Lipinski definition) is 2. The highest BCUT2D eigenvalue weighted by Gasteiger charge is 2.19. The van der Waals surface area contributed by atoms with Crippen molar-refractivity contribution in [2.24, 2.45) is 0 Å². The molecule has 2 aromatic rings. The van der Waals surface area contributed by atoms with Crippen LogP contribution in [-0.4, -0.2) is 50.0 Å². The fourth-order valence-electron chi connectivity index (χ4n) is 3.22. The fourth-order valence-corrected chi connectivity index (χ4v) is 3.86. The molecule has 6 nitrogen and oxygen atoms in total. The average Bonchev–Trinajstić information content (AvgIpc) is 3.29. The molecule has 2 N–H and O–H groups in total. The molecule has 1 aromatic carbocycles. The van der Waals surface area contributed by atoms with Gasteiger partial charge in [0.25, 0.3) is 5.91 Å². The maximum Gasteiger partial charge on any atom is 0.261 e. The van der Waals surface area contributed by atoms with Crippen molar-refractivity contribution in [2.45, 2.75) is 32.7 Å². The third-order valence-corrected chi connectivity index (χ3v) is 5.70. The molecule has 0 saturated carbocycles. The molecule has 0 spiro atoms. The Balaban J connectivity index is 1.82. The summed E-state index contributed by atoms with van der Waals surface area (Å²) in [6.07, 6.45) is 0.992. The largest absolute Gasteiger partial charge is 0.497 e. The van der Waals surface area contributed by atoms with Crippen LogP contribution in [0.15, 0.2) is 41.8 Å². The second-order valence-corrected chi connectivity index (χ2v) is 7.60. The summed E-state index contributed by atoms with van der Waals surface area (Å²) >= 11 is 1.41. The molecule has 0 bridgehead atoms. The predicted molar refractivity (Wildman–Crippen MR) is 118 cm³/mol. The van der Waals surface area contributed by atoms with Crippen LogP contribution < -0.4 is 15.4 Å². The Morgan fingerprint density at radius 2 is 1.93 bits per heavy atom. The summed E-state index contributed by atoms with van der Waals surface area (Å²) in [6.45, 7) is 7.05. The maximum atomic E-state index is 12.3. The summed E-state index contributed by atoms with van der Waals surface area (Å²) in [5.41, 5.74) is 1.12. The van der Waals surface area contributed by atoms with Gasteiger partial charge in [0.2, 0.25) is 5.91 Å². The highest BCUT2D eigenvalue weighted by Crippen LogP contribution is 2.23. The van der Waals surface area contributed by atoms with Crippen LogP contribution in [0.5, 0.6) is 5.75 Å². The number of rotatable bonds is 12. The number of ether oxygens (including phenoxy) is 1. The van der Waals surface area contributed by atoms with E-state index in [-0.39, 0.29) is 17.9 Å². The molecule has 1 atom stereocenters. The zero-order valence-corrected chi connectivity index (χ0v) is 18.3. The summed E-state index contributed by atoms with van der Waals surface area (Å²) in [5, 5.41) is 7.77. The van der Waals surface area contributed by atoms with Crippen molar-refractivity contribution in [1.29, 1.82) is 0 Å². The van der Waals surface area contributed by atoms with Gasteiger partial charge in [-0.2, -0.15) is 0 Å². The van der Waals surface area contributed by atoms with Crippen molar-refractivity contribution in [3.05, 3.63) is 52.2 Å². The van der Waals surface area contributed by atoms with E-state index in [1.165, 1.54) is 11.3 Å². The number of hydrogen-bond acceptors (Lipinski definition) is 5. The summed E-state index contributed by atoms with van der Waals surface area (Å²) in [5.74, 6) is 0.725. The smallest absolute Gasteiger partial charge is 0.261 e. The lowest BCUT2D eigenvalue weighted by Gasteiger charge is -2.30. The van der Waals surface area contributed by atoms with Crippen LogP contribution in [0.3, 0.4) is 0 Å². The van der Waals surface area contributed by atoms with Crippen LogP contribution in [0.2, 0.25) is 0 Å². The van der Waals surface area contributed by atoms with Gasteiger partial charge in [-0.05, 0) is 48.7 Å². The van der Waals surface area contributed by atoms with Crippen molar-refractivity contribution in [1.82, 2.24) is 15.5 Å². The van der Waals surface area contributed by atoms with Crippen molar-refractivity contribution in [3.8, 4) is 5.75 Å². The molecule has 7 heteroatoms. The lowest BCUT2D eigenvalue weighted by atomic mass is 10.0. The summed E-state index contributed by atoms with van der Waals surface area (Å²) in [4.78, 5) is 27.2. The summed E-state index contributed by atoms with van der Waals surface area (Å²) in [6, 6.07) is 11.7. The molecule has 2 rings (SSSR count). The molecule has 29 heavy (non-hydrogen) atoms. The van der Waals surface area contributed by atoms with Gasteiger partial charge in [-0.3, -0.25) is 14.5 Å². The van der Waals surface area contributed by atoms with Gasteiger partial charge in [0.05, 0.1) is 18.0 Å². The first-order valence-corrected chi connectivity index (χ1v) is 10.9. The Hall–Kier alpha value is -2.38. The molecule has 1 unspecified atom stereocenters. The van der Waals surface area contributed by atoms with Gasteiger partial charge in [-0.1, -0.05) is 32.0 Å². The monoisotopic (exact) mass is 417 g/mol. The minimum Gasteiger partial charge on any atom is -0.497 e. The molecular weight excluding hydrogens is 386 g/mol. The number of likely N-dealkylation sites (N-methyl/N-ethyl adjacent to an activating group) is 1. The van der Waals surface area contributed by atoms with Gasteiger partial charge in [0, 0.05) is 19.5 Å². The van der Waals surface area contributed by atoms with E-state index in [1.807, 2.05) is 29.6 Å². The number of benzene rings is 1. The van der Waals surface area contributed by atoms with Crippen LogP contribution >= 0.6 is 11.3 Å². The maximum absolute atomic E-state index is 12.3. The standard InChI is InChI=1S/C22H31N3O3S/c1-4-25(5-2)19(17-9-6-10-18(15-17)28-3)16-24-21(26)12-7-13-23-22(27)20-11-8-14-29-20/h6,8-11,14-15,19H,4-5,7,12-13,16H2,1-3H3,(H,23,27)(H,24,26). The number of amides is 2. The van der Waals surface area contributed by atoms with Crippen molar-refractivity contribution < 1.29 is 14.3 Å². The number of thiophene rings is 1. The number of carbonyl (C=O) groups excluding carboxylic acids is 2. The van der Waals surface area contributed by atoms with E-state index in [9.17, 15) is 9.59 Å². The lowest BCUT2D eigenvalue weighted by Crippen LogP contribution is -2.38. The first-order valence-electron chi connectivity index (χ1n) is 10.0. The van der Waals surface area contributed by atoms with E-state index in [0.717, 1.165) is 24.4 Å². The number of carbonyl (C=O) groups is 2. The van der Waals surface area contributed by atoms with Gasteiger partial charge in [0.1, 0.15) is 5.75 Å². The molecule has 1 heterocycles. The molecular formula is C22H31N3O3S. The van der Waals surface area contributed by atoms with Crippen molar-refractivity contribution in [3.63, 3.8) is 0 Å². The van der Waals surface area contributed by atoms with Crippen LogP contribution in [0.1, 0.15) is 48.0 Å². The Kier molecular flexibility index (Phi) is 9.67. The van der Waals surface area contributed by atoms with Gasteiger partial charge < -0.3 is 15.4 Å². The molecule has 2 amide bonds. The average molecular weight is 418 g/mol. The topological polar surface area (TPSA) is 70.7 Å². The predicted octanol–water partition coefficient (Wildman–Crippen LogP) is 3.47. The molecule has 1 aromatic heterocycles. The van der Waals surface area contributed by atoms with Crippen molar-refractivity contribution >= 4 is 23.2 Å². The Bertz CT molecular complexity index is 760. The Morgan fingerprint density at radius 1 is 1.14 bits per heavy atom. The zero-order valence-electron chi connectivity index (χ0n) is 17.4. The van der Waals surface area contributed by atoms with E-state index in [0.29, 0.717) is 30.8 Å². The quantitative estimate of drug-likeness (QED) is 0.519. The molecule has 0 aliphatic carbocycles. The zero-order chi connectivity index (χ0) is 21.1. The van der Waals surface area contributed by atoms with Crippen LogP contribution in [-0.2, 0) is 4.79 Å². The molecule has 158 valence electrons. The Morgan fingerprint density at radius 3 is 2.59 bits per heavy atom. The van der Waals surface area contributed by atoms with E-state index in [1.54, 1.807) is 13.2 Å². The van der Waals surface area contributed by atoms with Crippen LogP contribution in [0.4, 0.5) is 0 Å². The first-order chi connectivity index (χ1) is 14.1. The minimum atomic E-state index is -0.0833. The molecule has 0 fully saturated rings. The highest BCUT2D eigenvalue weighted by atomic mass is 32.1. The Labute approximate surface area is 177 Å². The molecule has 0 aliphatic heterocycles. The summed E-state index contributed by atoms with van der Waals surface area (Å²) in [7, 11) is 1.66. The number of methoxy groups -OCH3 is 1. The van der Waals surface area contributed by atoms with Gasteiger partial charge in [-0.25, -0.2) is 0 Å². The van der Waals surface area contributed by atoms with Crippen LogP contribution in [0.25, 0.3) is 0 Å². The van der Waals surface area contributed by atoms with Crippen molar-refractivity contribution in [2.75, 3.05) is 33.3 Å². The third-order valence-electron chi connectivity index (χ3n) is 4.84. The summed E-state index contributed by atoms with van der Waals surface area (Å²) < 4.78 is 5.35. The van der Waals surface area contributed by atoms with Gasteiger partial charge in [0.15, 0.2) is 0 Å². The normalized spacial score (nSPS) is 11.9. The molecule has 0 saturated heterocycles. The highest BCUT2D eigenvalue weighted by molar-refractivity contribution is 7.12. The molecule has 0 radical (unpaired) electrons. The van der Waals surface area contributed by atoms with E-state index in [4.69, 9.17) is 4.74 Å². The lowest BCUT2D eigenvalue weighted by molar-refractivity contribution is -0.121. The van der Waals surface area contributed by atoms with E-state index < -0.39 is 0 Å². The SMILES string of the molecule is CCN(CC)C(CNC(=O)CCCNC(=O)c1cccs1)c1cccc(OC)c1. The van der Waals surface area contributed by atoms with Gasteiger partial charge in [-0.15, -0.1) is 11.3 Å².